The van der Waals surface area contributed by atoms with Crippen LogP contribution in [0, 0.1) is 5.92 Å². The molecule has 0 aliphatic carbocycles. The molecule has 1 aliphatic rings. The molecule has 1 amide bonds. The van der Waals surface area contributed by atoms with Gasteiger partial charge in [0.15, 0.2) is 5.12 Å². The first-order valence-electron chi connectivity index (χ1n) is 6.77. The van der Waals surface area contributed by atoms with E-state index < -0.39 is 0 Å². The third kappa shape index (κ3) is 4.08. The summed E-state index contributed by atoms with van der Waals surface area (Å²) >= 11 is 1.31. The van der Waals surface area contributed by atoms with Crippen molar-refractivity contribution in [1.29, 1.82) is 0 Å². The molecule has 1 saturated heterocycles. The molecule has 0 aromatic heterocycles. The Hall–Kier alpha value is -1.33. The minimum absolute atomic E-state index is 0.119. The summed E-state index contributed by atoms with van der Waals surface area (Å²) in [5, 5.41) is 0.119. The number of amides is 1. The van der Waals surface area contributed by atoms with E-state index in [4.69, 9.17) is 5.73 Å². The third-order valence-corrected chi connectivity index (χ3v) is 4.49. The minimum atomic E-state index is 0.119. The van der Waals surface area contributed by atoms with E-state index in [1.54, 1.807) is 6.92 Å². The maximum absolute atomic E-state index is 12.0. The Kier molecular flexibility index (Phi) is 5.20. The van der Waals surface area contributed by atoms with E-state index in [0.717, 1.165) is 23.4 Å². The Balaban J connectivity index is 1.89. The number of rotatable bonds is 5. The molecule has 0 spiro atoms. The van der Waals surface area contributed by atoms with Crippen LogP contribution in [-0.4, -0.2) is 28.2 Å². The number of carbonyl (C=O) groups excluding carboxylic acids is 2. The second kappa shape index (κ2) is 6.90. The molecule has 2 N–H and O–H groups in total. The summed E-state index contributed by atoms with van der Waals surface area (Å²) in [5.74, 6) is 1.21. The second-order valence-electron chi connectivity index (χ2n) is 5.17. The molecule has 4 nitrogen and oxygen atoms in total. The van der Waals surface area contributed by atoms with Gasteiger partial charge in [0.2, 0.25) is 5.91 Å². The zero-order chi connectivity index (χ0) is 14.5. The number of carbonyl (C=O) groups is 2. The van der Waals surface area contributed by atoms with Gasteiger partial charge in [-0.2, -0.15) is 0 Å². The zero-order valence-electron chi connectivity index (χ0n) is 11.7. The van der Waals surface area contributed by atoms with Gasteiger partial charge in [0.05, 0.1) is 0 Å². The highest BCUT2D eigenvalue weighted by Gasteiger charge is 2.29. The van der Waals surface area contributed by atoms with E-state index in [0.29, 0.717) is 25.4 Å². The number of likely N-dealkylation sites (tertiary alicyclic amines) is 1. The second-order valence-corrected chi connectivity index (χ2v) is 6.36. The van der Waals surface area contributed by atoms with Crippen molar-refractivity contribution in [3.63, 3.8) is 0 Å². The van der Waals surface area contributed by atoms with E-state index in [1.807, 2.05) is 29.2 Å². The van der Waals surface area contributed by atoms with Crippen molar-refractivity contribution in [3.8, 4) is 0 Å². The van der Waals surface area contributed by atoms with Crippen molar-refractivity contribution in [3.05, 3.63) is 35.4 Å². The molecule has 0 saturated carbocycles. The standard InChI is InChI=1S/C15H20N2O2S/c1-11(18)20-10-14-6-15(19)17(9-14)8-13-4-2-12(7-16)3-5-13/h2-5,14H,6-10,16H2,1H3. The molecule has 0 radical (unpaired) electrons. The van der Waals surface area contributed by atoms with Crippen molar-refractivity contribution < 1.29 is 9.59 Å². The molecular weight excluding hydrogens is 272 g/mol. The van der Waals surface area contributed by atoms with Gasteiger partial charge in [-0.1, -0.05) is 36.0 Å². The van der Waals surface area contributed by atoms with Crippen LogP contribution >= 0.6 is 11.8 Å². The Bertz CT molecular complexity index is 487. The van der Waals surface area contributed by atoms with Gasteiger partial charge in [0, 0.05) is 38.7 Å². The lowest BCUT2D eigenvalue weighted by atomic mass is 10.1. The third-order valence-electron chi connectivity index (χ3n) is 3.45. The van der Waals surface area contributed by atoms with Gasteiger partial charge in [-0.25, -0.2) is 0 Å². The maximum Gasteiger partial charge on any atom is 0.223 e. The van der Waals surface area contributed by atoms with Crippen molar-refractivity contribution >= 4 is 22.8 Å². The Morgan fingerprint density at radius 2 is 2.00 bits per heavy atom. The molecule has 0 bridgehead atoms. The quantitative estimate of drug-likeness (QED) is 0.898. The van der Waals surface area contributed by atoms with E-state index in [1.165, 1.54) is 11.8 Å². The van der Waals surface area contributed by atoms with Crippen LogP contribution in [0.2, 0.25) is 0 Å². The molecule has 5 heteroatoms. The summed E-state index contributed by atoms with van der Waals surface area (Å²) in [4.78, 5) is 24.8. The molecule has 1 aromatic carbocycles. The average molecular weight is 292 g/mol. The summed E-state index contributed by atoms with van der Waals surface area (Å²) < 4.78 is 0. The molecule has 108 valence electrons. The molecule has 1 aliphatic heterocycles. The number of thioether (sulfide) groups is 1. The van der Waals surface area contributed by atoms with Crippen LogP contribution in [0.5, 0.6) is 0 Å². The first-order chi connectivity index (χ1) is 9.58. The van der Waals surface area contributed by atoms with Crippen LogP contribution in [-0.2, 0) is 22.7 Å². The van der Waals surface area contributed by atoms with Crippen LogP contribution in [0.3, 0.4) is 0 Å². The molecule has 1 fully saturated rings. The fraction of sp³-hybridized carbons (Fsp3) is 0.467. The minimum Gasteiger partial charge on any atom is -0.338 e. The molecule has 20 heavy (non-hydrogen) atoms. The van der Waals surface area contributed by atoms with E-state index in [-0.39, 0.29) is 11.0 Å². The van der Waals surface area contributed by atoms with Crippen molar-refractivity contribution in [2.75, 3.05) is 12.3 Å². The predicted octanol–water partition coefficient (Wildman–Crippen LogP) is 1.77. The summed E-state index contributed by atoms with van der Waals surface area (Å²) in [5.41, 5.74) is 7.78. The summed E-state index contributed by atoms with van der Waals surface area (Å²) in [6, 6.07) is 8.04. The van der Waals surface area contributed by atoms with E-state index >= 15 is 0 Å². The molecule has 1 aromatic rings. The fourth-order valence-corrected chi connectivity index (χ4v) is 3.05. The molecular formula is C15H20N2O2S. The maximum atomic E-state index is 12.0. The van der Waals surface area contributed by atoms with Crippen LogP contribution in [0.25, 0.3) is 0 Å². The summed E-state index contributed by atoms with van der Waals surface area (Å²) in [6.45, 7) is 3.49. The van der Waals surface area contributed by atoms with Gasteiger partial charge in [-0.15, -0.1) is 0 Å². The van der Waals surface area contributed by atoms with Crippen molar-refractivity contribution in [2.24, 2.45) is 11.7 Å². The van der Waals surface area contributed by atoms with Gasteiger partial charge in [-0.3, -0.25) is 9.59 Å². The lowest BCUT2D eigenvalue weighted by Gasteiger charge is -2.16. The largest absolute Gasteiger partial charge is 0.338 e. The normalized spacial score (nSPS) is 18.6. The molecule has 1 atom stereocenters. The van der Waals surface area contributed by atoms with Crippen molar-refractivity contribution in [1.82, 2.24) is 4.90 Å². The van der Waals surface area contributed by atoms with E-state index in [2.05, 4.69) is 0 Å². The Labute approximate surface area is 123 Å². The number of benzene rings is 1. The molecule has 1 unspecified atom stereocenters. The van der Waals surface area contributed by atoms with Crippen LogP contribution in [0.1, 0.15) is 24.5 Å². The monoisotopic (exact) mass is 292 g/mol. The first-order valence-corrected chi connectivity index (χ1v) is 7.76. The highest BCUT2D eigenvalue weighted by molar-refractivity contribution is 8.13. The average Bonchev–Trinajstić information content (AvgIpc) is 2.78. The van der Waals surface area contributed by atoms with Gasteiger partial charge >= 0.3 is 0 Å². The molecule has 1 heterocycles. The lowest BCUT2D eigenvalue weighted by Crippen LogP contribution is -2.24. The highest BCUT2D eigenvalue weighted by Crippen LogP contribution is 2.23. The van der Waals surface area contributed by atoms with Gasteiger partial charge < -0.3 is 10.6 Å². The number of nitrogens with two attached hydrogens (primary N) is 1. The lowest BCUT2D eigenvalue weighted by molar-refractivity contribution is -0.128. The number of hydrogen-bond donors (Lipinski definition) is 1. The smallest absolute Gasteiger partial charge is 0.223 e. The van der Waals surface area contributed by atoms with Gasteiger partial charge in [-0.05, 0) is 17.0 Å². The summed E-state index contributed by atoms with van der Waals surface area (Å²) in [7, 11) is 0. The first kappa shape index (κ1) is 15.1. The van der Waals surface area contributed by atoms with Gasteiger partial charge in [0.25, 0.3) is 0 Å². The number of nitrogens with zero attached hydrogens (tertiary/aromatic N) is 1. The predicted molar refractivity (Wildman–Crippen MR) is 81.0 cm³/mol. The Morgan fingerprint density at radius 3 is 2.60 bits per heavy atom. The van der Waals surface area contributed by atoms with Gasteiger partial charge in [0.1, 0.15) is 0 Å². The van der Waals surface area contributed by atoms with Crippen LogP contribution in [0.15, 0.2) is 24.3 Å². The summed E-state index contributed by atoms with van der Waals surface area (Å²) in [6.07, 6.45) is 0.557. The highest BCUT2D eigenvalue weighted by atomic mass is 32.2. The number of hydrogen-bond acceptors (Lipinski definition) is 4. The zero-order valence-corrected chi connectivity index (χ0v) is 12.5. The molecule has 2 rings (SSSR count). The topological polar surface area (TPSA) is 63.4 Å². The van der Waals surface area contributed by atoms with Crippen molar-refractivity contribution in [2.45, 2.75) is 26.4 Å². The van der Waals surface area contributed by atoms with Crippen LogP contribution in [0.4, 0.5) is 0 Å². The fourth-order valence-electron chi connectivity index (χ4n) is 2.35. The Morgan fingerprint density at radius 1 is 1.35 bits per heavy atom. The van der Waals surface area contributed by atoms with Crippen LogP contribution < -0.4 is 5.73 Å². The SMILES string of the molecule is CC(=O)SCC1CC(=O)N(Cc2ccc(CN)cc2)C1. The van der Waals surface area contributed by atoms with E-state index in [9.17, 15) is 9.59 Å².